The molecule has 0 amide bonds. The minimum Gasteiger partial charge on any atom is -0.386 e. The van der Waals surface area contributed by atoms with Crippen molar-refractivity contribution in [1.29, 1.82) is 0 Å². The van der Waals surface area contributed by atoms with Crippen LogP contribution in [0, 0.1) is 0 Å². The van der Waals surface area contributed by atoms with Crippen LogP contribution < -0.4 is 0 Å². The molecule has 0 spiro atoms. The van der Waals surface area contributed by atoms with Crippen molar-refractivity contribution in [2.45, 2.75) is 19.4 Å². The van der Waals surface area contributed by atoms with Gasteiger partial charge in [0.25, 0.3) is 0 Å². The first-order valence-electron chi connectivity index (χ1n) is 3.40. The summed E-state index contributed by atoms with van der Waals surface area (Å²) in [6.45, 7) is 4.57. The molecule has 0 N–H and O–H groups in total. The van der Waals surface area contributed by atoms with E-state index in [9.17, 15) is 0 Å². The van der Waals surface area contributed by atoms with Crippen LogP contribution in [0.25, 0.3) is 0 Å². The lowest BCUT2D eigenvalue weighted by atomic mass is 10.6. The third kappa shape index (κ3) is 2.06. The fourth-order valence-electron chi connectivity index (χ4n) is 0.914. The Hall–Kier alpha value is -0.503. The van der Waals surface area contributed by atoms with Crippen molar-refractivity contribution in [2.24, 2.45) is 0 Å². The van der Waals surface area contributed by atoms with E-state index in [0.29, 0.717) is 0 Å². The van der Waals surface area contributed by atoms with Gasteiger partial charge in [-0.15, -0.1) is 0 Å². The van der Waals surface area contributed by atoms with Gasteiger partial charge in [-0.1, -0.05) is 13.8 Å². The summed E-state index contributed by atoms with van der Waals surface area (Å²) in [6.07, 6.45) is 4.32. The molecular weight excluding hydrogens is 126 g/mol. The SMILES string of the molecule is CC(C)[SiH2]n1cccc1. The Balaban J connectivity index is 2.48. The number of aromatic nitrogens is 1. The molecule has 1 rings (SSSR count). The first kappa shape index (κ1) is 6.61. The van der Waals surface area contributed by atoms with Crippen LogP contribution in [-0.2, 0) is 0 Å². The van der Waals surface area contributed by atoms with Gasteiger partial charge in [-0.25, -0.2) is 0 Å². The molecule has 1 aromatic heterocycles. The van der Waals surface area contributed by atoms with Gasteiger partial charge in [-0.2, -0.15) is 0 Å². The van der Waals surface area contributed by atoms with E-state index in [-0.39, 0.29) is 9.68 Å². The first-order valence-corrected chi connectivity index (χ1v) is 4.84. The summed E-state index contributed by atoms with van der Waals surface area (Å²) in [5.41, 5.74) is 0.886. The Bertz CT molecular complexity index is 155. The summed E-state index contributed by atoms with van der Waals surface area (Å²) in [4.78, 5) is 0. The number of hydrogen-bond donors (Lipinski definition) is 0. The van der Waals surface area contributed by atoms with E-state index in [1.807, 2.05) is 0 Å². The summed E-state index contributed by atoms with van der Waals surface area (Å²) in [5.74, 6) is 0. The molecule has 1 nitrogen and oxygen atoms in total. The van der Waals surface area contributed by atoms with Crippen LogP contribution in [0.4, 0.5) is 0 Å². The average Bonchev–Trinajstić information content (AvgIpc) is 2.15. The highest BCUT2D eigenvalue weighted by Crippen LogP contribution is 1.98. The Kier molecular flexibility index (Phi) is 2.11. The highest BCUT2D eigenvalue weighted by Gasteiger charge is 1.93. The normalized spacial score (nSPS) is 11.9. The molecule has 50 valence electrons. The summed E-state index contributed by atoms with van der Waals surface area (Å²) >= 11 is 0. The second-order valence-corrected chi connectivity index (χ2v) is 5.50. The topological polar surface area (TPSA) is 4.93 Å². The maximum atomic E-state index is 2.34. The Labute approximate surface area is 58.6 Å². The molecule has 0 saturated carbocycles. The summed E-state index contributed by atoms with van der Waals surface area (Å²) in [7, 11) is -0.0177. The zero-order valence-corrected chi connectivity index (χ0v) is 7.46. The number of hydrogen-bond acceptors (Lipinski definition) is 0. The van der Waals surface area contributed by atoms with Crippen molar-refractivity contribution in [1.82, 2.24) is 4.23 Å². The van der Waals surface area contributed by atoms with Crippen LogP contribution >= 0.6 is 0 Å². The molecule has 0 aliphatic rings. The fraction of sp³-hybridized carbons (Fsp3) is 0.429. The van der Waals surface area contributed by atoms with E-state index in [4.69, 9.17) is 0 Å². The predicted molar refractivity (Wildman–Crippen MR) is 43.5 cm³/mol. The average molecular weight is 139 g/mol. The van der Waals surface area contributed by atoms with E-state index in [0.717, 1.165) is 5.54 Å². The zero-order valence-electron chi connectivity index (χ0n) is 6.04. The van der Waals surface area contributed by atoms with Gasteiger partial charge in [0.15, 0.2) is 0 Å². The maximum Gasteiger partial charge on any atom is 0.131 e. The maximum absolute atomic E-state index is 2.34. The van der Waals surface area contributed by atoms with Gasteiger partial charge in [-0.3, -0.25) is 0 Å². The van der Waals surface area contributed by atoms with Gasteiger partial charge in [0.05, 0.1) is 0 Å². The quantitative estimate of drug-likeness (QED) is 0.543. The van der Waals surface area contributed by atoms with Gasteiger partial charge >= 0.3 is 0 Å². The summed E-state index contributed by atoms with van der Waals surface area (Å²) < 4.78 is 2.34. The van der Waals surface area contributed by atoms with Crippen molar-refractivity contribution >= 4 is 9.68 Å². The van der Waals surface area contributed by atoms with Crippen LogP contribution in [0.3, 0.4) is 0 Å². The van der Waals surface area contributed by atoms with Gasteiger partial charge in [0, 0.05) is 0 Å². The Morgan fingerprint density at radius 3 is 2.22 bits per heavy atom. The molecule has 0 aliphatic carbocycles. The smallest absolute Gasteiger partial charge is 0.131 e. The zero-order chi connectivity index (χ0) is 6.69. The van der Waals surface area contributed by atoms with Gasteiger partial charge in [-0.05, 0) is 30.1 Å². The van der Waals surface area contributed by atoms with Crippen LogP contribution in [0.5, 0.6) is 0 Å². The fourth-order valence-corrected chi connectivity index (χ4v) is 2.24. The third-order valence-electron chi connectivity index (χ3n) is 1.24. The third-order valence-corrected chi connectivity index (χ3v) is 2.82. The summed E-state index contributed by atoms with van der Waals surface area (Å²) in [5, 5.41) is 0. The van der Waals surface area contributed by atoms with Crippen molar-refractivity contribution in [3.05, 3.63) is 24.5 Å². The van der Waals surface area contributed by atoms with Crippen LogP contribution in [0.1, 0.15) is 13.8 Å². The number of nitrogens with zero attached hydrogens (tertiary/aromatic N) is 1. The van der Waals surface area contributed by atoms with Crippen molar-refractivity contribution in [3.63, 3.8) is 0 Å². The molecule has 9 heavy (non-hydrogen) atoms. The molecule has 0 fully saturated rings. The monoisotopic (exact) mass is 139 g/mol. The lowest BCUT2D eigenvalue weighted by Crippen LogP contribution is -2.05. The molecule has 0 radical (unpaired) electrons. The second-order valence-electron chi connectivity index (χ2n) is 2.77. The standard InChI is InChI=1S/C7H13NSi/c1-7(2)9-8-5-3-4-6-8/h3-7H,9H2,1-2H3. The first-order chi connectivity index (χ1) is 4.29. The van der Waals surface area contributed by atoms with Crippen LogP contribution in [0.2, 0.25) is 5.54 Å². The molecule has 0 atom stereocenters. The van der Waals surface area contributed by atoms with Gasteiger partial charge in [0.1, 0.15) is 9.68 Å². The molecular formula is C7H13NSi. The molecule has 0 unspecified atom stereocenters. The lowest BCUT2D eigenvalue weighted by Gasteiger charge is -2.02. The lowest BCUT2D eigenvalue weighted by molar-refractivity contribution is 1.01. The van der Waals surface area contributed by atoms with E-state index >= 15 is 0 Å². The molecule has 0 bridgehead atoms. The molecule has 1 aromatic rings. The van der Waals surface area contributed by atoms with Crippen LogP contribution in [0.15, 0.2) is 24.5 Å². The van der Waals surface area contributed by atoms with E-state index < -0.39 is 0 Å². The van der Waals surface area contributed by atoms with Crippen molar-refractivity contribution in [3.8, 4) is 0 Å². The van der Waals surface area contributed by atoms with E-state index in [1.165, 1.54) is 0 Å². The largest absolute Gasteiger partial charge is 0.386 e. The minimum absolute atomic E-state index is 0.0177. The molecule has 2 heteroatoms. The van der Waals surface area contributed by atoms with Crippen molar-refractivity contribution in [2.75, 3.05) is 0 Å². The second kappa shape index (κ2) is 2.87. The highest BCUT2D eigenvalue weighted by atomic mass is 28.2. The molecule has 0 aromatic carbocycles. The summed E-state index contributed by atoms with van der Waals surface area (Å²) in [6, 6.07) is 4.19. The molecule has 0 aliphatic heterocycles. The van der Waals surface area contributed by atoms with Gasteiger partial charge in [0.2, 0.25) is 0 Å². The molecule has 0 saturated heterocycles. The number of rotatable bonds is 2. The highest BCUT2D eigenvalue weighted by molar-refractivity contribution is 6.35. The minimum atomic E-state index is -0.0177. The van der Waals surface area contributed by atoms with E-state index in [2.05, 4.69) is 42.6 Å². The predicted octanol–water partition coefficient (Wildman–Crippen LogP) is 1.25. The van der Waals surface area contributed by atoms with Crippen LogP contribution in [-0.4, -0.2) is 13.9 Å². The Morgan fingerprint density at radius 1 is 1.22 bits per heavy atom. The van der Waals surface area contributed by atoms with Gasteiger partial charge < -0.3 is 4.23 Å². The van der Waals surface area contributed by atoms with E-state index in [1.54, 1.807) is 0 Å². The van der Waals surface area contributed by atoms with Crippen molar-refractivity contribution < 1.29 is 0 Å². The Morgan fingerprint density at radius 2 is 1.78 bits per heavy atom. The molecule has 1 heterocycles.